The quantitative estimate of drug-likeness (QED) is 0.480. The number of hydrogen-bond acceptors (Lipinski definition) is 4. The Bertz CT molecular complexity index is 878. The third kappa shape index (κ3) is 4.62. The van der Waals surface area contributed by atoms with Gasteiger partial charge in [0.2, 0.25) is 0 Å². The number of anilines is 1. The largest absolute Gasteiger partial charge is 0.490 e. The van der Waals surface area contributed by atoms with Crippen molar-refractivity contribution >= 4 is 52.3 Å². The zero-order chi connectivity index (χ0) is 20.6. The van der Waals surface area contributed by atoms with Crippen LogP contribution in [0.4, 0.5) is 5.69 Å². The Kier molecular flexibility index (Phi) is 6.48. The number of ether oxygens (including phenoxy) is 1. The number of rotatable bonds is 5. The van der Waals surface area contributed by atoms with Crippen molar-refractivity contribution < 1.29 is 4.74 Å². The topological polar surface area (TPSA) is 15.7 Å². The molecule has 2 aromatic rings. The highest BCUT2D eigenvalue weighted by molar-refractivity contribution is 7.99. The first-order valence-electron chi connectivity index (χ1n) is 9.86. The van der Waals surface area contributed by atoms with Gasteiger partial charge in [-0.3, -0.25) is 4.90 Å². The lowest BCUT2D eigenvalue weighted by Gasteiger charge is -2.36. The molecule has 0 unspecified atom stereocenters. The van der Waals surface area contributed by atoms with Gasteiger partial charge in [-0.2, -0.15) is 0 Å². The molecular weight excluding hydrogens is 447 g/mol. The summed E-state index contributed by atoms with van der Waals surface area (Å²) in [4.78, 5) is 5.87. The summed E-state index contributed by atoms with van der Waals surface area (Å²) < 4.78 is 6.07. The van der Waals surface area contributed by atoms with Crippen LogP contribution in [0.1, 0.15) is 19.4 Å². The lowest BCUT2D eigenvalue weighted by atomic mass is 9.86. The molecule has 2 aliphatic heterocycles. The highest BCUT2D eigenvalue weighted by Crippen LogP contribution is 2.46. The molecule has 7 heteroatoms. The van der Waals surface area contributed by atoms with Crippen molar-refractivity contribution in [1.29, 1.82) is 0 Å². The van der Waals surface area contributed by atoms with E-state index in [4.69, 9.17) is 39.5 Å². The van der Waals surface area contributed by atoms with E-state index in [-0.39, 0.29) is 5.41 Å². The number of nitrogens with zero attached hydrogens (tertiary/aromatic N) is 2. The Labute approximate surface area is 192 Å². The molecule has 0 atom stereocenters. The van der Waals surface area contributed by atoms with E-state index >= 15 is 0 Å². The molecule has 1 saturated heterocycles. The molecule has 0 aliphatic carbocycles. The van der Waals surface area contributed by atoms with E-state index in [2.05, 4.69) is 29.7 Å². The van der Waals surface area contributed by atoms with Crippen LogP contribution < -0.4 is 9.64 Å². The first-order chi connectivity index (χ1) is 13.8. The Morgan fingerprint density at radius 2 is 1.72 bits per heavy atom. The lowest BCUT2D eigenvalue weighted by Crippen LogP contribution is -2.47. The number of hydrogen-bond donors (Lipinski definition) is 0. The van der Waals surface area contributed by atoms with Crippen LogP contribution in [0.5, 0.6) is 5.75 Å². The maximum atomic E-state index is 6.44. The van der Waals surface area contributed by atoms with Crippen molar-refractivity contribution in [3.8, 4) is 5.75 Å². The highest BCUT2D eigenvalue weighted by atomic mass is 35.5. The fourth-order valence-electron chi connectivity index (χ4n) is 3.91. The molecule has 0 N–H and O–H groups in total. The van der Waals surface area contributed by atoms with Crippen LogP contribution in [0.25, 0.3) is 0 Å². The maximum Gasteiger partial charge on any atom is 0.146 e. The summed E-state index contributed by atoms with van der Waals surface area (Å²) in [6.07, 6.45) is 0. The van der Waals surface area contributed by atoms with Gasteiger partial charge in [0.25, 0.3) is 0 Å². The standard InChI is InChI=1S/C22H25Cl3N2OS/c1-22(2)14-28-20-16(22)12-15(23)13-19(20)27-8-6-26(7-9-27)10-11-29-21-17(24)4-3-5-18(21)25/h3-5,12-13H,6-11,14H2,1-2H3. The number of fused-ring (bicyclic) bond motifs is 1. The van der Waals surface area contributed by atoms with Crippen molar-refractivity contribution in [2.75, 3.05) is 50.0 Å². The molecule has 0 radical (unpaired) electrons. The minimum Gasteiger partial charge on any atom is -0.490 e. The van der Waals surface area contributed by atoms with Gasteiger partial charge in [-0.05, 0) is 24.3 Å². The zero-order valence-electron chi connectivity index (χ0n) is 16.7. The highest BCUT2D eigenvalue weighted by Gasteiger charge is 2.35. The van der Waals surface area contributed by atoms with E-state index < -0.39 is 0 Å². The molecule has 4 rings (SSSR count). The fraction of sp³-hybridized carbons (Fsp3) is 0.455. The molecule has 1 fully saturated rings. The molecule has 0 aromatic heterocycles. The second-order valence-electron chi connectivity index (χ2n) is 8.20. The molecule has 0 amide bonds. The van der Waals surface area contributed by atoms with Gasteiger partial charge in [0.1, 0.15) is 5.75 Å². The van der Waals surface area contributed by atoms with Crippen molar-refractivity contribution in [1.82, 2.24) is 4.90 Å². The van der Waals surface area contributed by atoms with Crippen molar-refractivity contribution in [2.45, 2.75) is 24.2 Å². The SMILES string of the molecule is CC1(C)COc2c(N3CCN(CCSc4c(Cl)cccc4Cl)CC3)cc(Cl)cc21. The zero-order valence-corrected chi connectivity index (χ0v) is 19.8. The maximum absolute atomic E-state index is 6.44. The van der Waals surface area contributed by atoms with Gasteiger partial charge in [-0.1, -0.05) is 54.7 Å². The minimum absolute atomic E-state index is 0.00795. The van der Waals surface area contributed by atoms with Crippen LogP contribution in [0.3, 0.4) is 0 Å². The molecule has 0 bridgehead atoms. The fourth-order valence-corrected chi connectivity index (χ4v) is 5.81. The first kappa shape index (κ1) is 21.5. The molecule has 0 saturated carbocycles. The monoisotopic (exact) mass is 470 g/mol. The van der Waals surface area contributed by atoms with Gasteiger partial charge < -0.3 is 9.64 Å². The summed E-state index contributed by atoms with van der Waals surface area (Å²) in [5.41, 5.74) is 2.36. The molecule has 156 valence electrons. The van der Waals surface area contributed by atoms with Gasteiger partial charge in [0.05, 0.1) is 22.3 Å². The molecule has 2 aromatic carbocycles. The normalized spacial score (nSPS) is 18.6. The van der Waals surface area contributed by atoms with E-state index in [0.717, 1.165) is 69.9 Å². The minimum atomic E-state index is 0.00795. The summed E-state index contributed by atoms with van der Waals surface area (Å²) in [5.74, 6) is 1.98. The van der Waals surface area contributed by atoms with Gasteiger partial charge in [-0.15, -0.1) is 11.8 Å². The van der Waals surface area contributed by atoms with Gasteiger partial charge in [0, 0.05) is 59.4 Å². The average molecular weight is 472 g/mol. The Morgan fingerprint density at radius 1 is 1.03 bits per heavy atom. The van der Waals surface area contributed by atoms with Crippen LogP contribution in [-0.2, 0) is 5.41 Å². The smallest absolute Gasteiger partial charge is 0.146 e. The first-order valence-corrected chi connectivity index (χ1v) is 12.0. The summed E-state index contributed by atoms with van der Waals surface area (Å²) in [5, 5.41) is 2.24. The van der Waals surface area contributed by atoms with E-state index in [1.165, 1.54) is 5.56 Å². The molecule has 2 heterocycles. The summed E-state index contributed by atoms with van der Waals surface area (Å²) in [6.45, 7) is 10.1. The third-order valence-corrected chi connectivity index (χ3v) is 7.81. The van der Waals surface area contributed by atoms with Crippen LogP contribution in [0.2, 0.25) is 15.1 Å². The lowest BCUT2D eigenvalue weighted by molar-refractivity contribution is 0.269. The van der Waals surface area contributed by atoms with E-state index in [0.29, 0.717) is 6.61 Å². The predicted octanol–water partition coefficient (Wildman–Crippen LogP) is 6.23. The van der Waals surface area contributed by atoms with E-state index in [9.17, 15) is 0 Å². The van der Waals surface area contributed by atoms with Gasteiger partial charge in [0.15, 0.2) is 0 Å². The predicted molar refractivity (Wildman–Crippen MR) is 126 cm³/mol. The van der Waals surface area contributed by atoms with Gasteiger partial charge >= 0.3 is 0 Å². The van der Waals surface area contributed by atoms with E-state index in [1.807, 2.05) is 24.3 Å². The Balaban J connectivity index is 1.35. The second-order valence-corrected chi connectivity index (χ2v) is 10.6. The van der Waals surface area contributed by atoms with Gasteiger partial charge in [-0.25, -0.2) is 0 Å². The number of thioether (sulfide) groups is 1. The average Bonchev–Trinajstić information content (AvgIpc) is 2.99. The third-order valence-electron chi connectivity index (χ3n) is 5.63. The van der Waals surface area contributed by atoms with Crippen LogP contribution in [0.15, 0.2) is 35.2 Å². The van der Waals surface area contributed by atoms with Crippen molar-refractivity contribution in [2.24, 2.45) is 0 Å². The summed E-state index contributed by atoms with van der Waals surface area (Å²) in [6, 6.07) is 9.77. The van der Waals surface area contributed by atoms with Crippen molar-refractivity contribution in [3.05, 3.63) is 51.0 Å². The van der Waals surface area contributed by atoms with Crippen molar-refractivity contribution in [3.63, 3.8) is 0 Å². The van der Waals surface area contributed by atoms with Crippen LogP contribution >= 0.6 is 46.6 Å². The summed E-state index contributed by atoms with van der Waals surface area (Å²) >= 11 is 20.7. The number of halogens is 3. The molecule has 29 heavy (non-hydrogen) atoms. The Morgan fingerprint density at radius 3 is 2.41 bits per heavy atom. The molecule has 3 nitrogen and oxygen atoms in total. The molecule has 0 spiro atoms. The number of benzene rings is 2. The van der Waals surface area contributed by atoms with Crippen LogP contribution in [0, 0.1) is 0 Å². The second kappa shape index (κ2) is 8.76. The summed E-state index contributed by atoms with van der Waals surface area (Å²) in [7, 11) is 0. The number of piperazine rings is 1. The molecular formula is C22H25Cl3N2OS. The van der Waals surface area contributed by atoms with Crippen LogP contribution in [-0.4, -0.2) is 50.0 Å². The van der Waals surface area contributed by atoms with E-state index in [1.54, 1.807) is 11.8 Å². The Hall–Kier alpha value is -0.780. The molecule has 2 aliphatic rings.